The van der Waals surface area contributed by atoms with Gasteiger partial charge in [-0.15, -0.1) is 11.3 Å². The van der Waals surface area contributed by atoms with Crippen LogP contribution in [0.15, 0.2) is 47.8 Å². The van der Waals surface area contributed by atoms with Crippen molar-refractivity contribution >= 4 is 17.2 Å². The monoisotopic (exact) mass is 243 g/mol. The van der Waals surface area contributed by atoms with Gasteiger partial charge in [0.2, 0.25) is 5.91 Å². The van der Waals surface area contributed by atoms with Gasteiger partial charge in [-0.3, -0.25) is 4.79 Å². The van der Waals surface area contributed by atoms with Crippen LogP contribution < -0.4 is 5.32 Å². The standard InChI is InChI=1S/C14H13NOS/c16-13-9-11(12-7-4-8-17-12)14(15-13)10-5-2-1-3-6-10/h1-8,11,14H,9H2,(H,15,16). The highest BCUT2D eigenvalue weighted by molar-refractivity contribution is 7.10. The molecule has 0 aliphatic carbocycles. The van der Waals surface area contributed by atoms with E-state index in [2.05, 4.69) is 28.9 Å². The molecule has 0 radical (unpaired) electrons. The smallest absolute Gasteiger partial charge is 0.221 e. The van der Waals surface area contributed by atoms with Gasteiger partial charge in [0.25, 0.3) is 0 Å². The zero-order chi connectivity index (χ0) is 11.7. The largest absolute Gasteiger partial charge is 0.349 e. The van der Waals surface area contributed by atoms with Crippen LogP contribution in [0, 0.1) is 0 Å². The van der Waals surface area contributed by atoms with Gasteiger partial charge >= 0.3 is 0 Å². The molecule has 3 heteroatoms. The molecule has 86 valence electrons. The van der Waals surface area contributed by atoms with E-state index in [1.807, 2.05) is 24.3 Å². The fourth-order valence-corrected chi connectivity index (χ4v) is 3.26. The summed E-state index contributed by atoms with van der Waals surface area (Å²) in [6.45, 7) is 0. The summed E-state index contributed by atoms with van der Waals surface area (Å²) in [5.74, 6) is 0.433. The van der Waals surface area contributed by atoms with E-state index in [1.165, 1.54) is 10.4 Å². The minimum atomic E-state index is 0.127. The van der Waals surface area contributed by atoms with E-state index in [1.54, 1.807) is 11.3 Å². The Morgan fingerprint density at radius 2 is 1.94 bits per heavy atom. The number of hydrogen-bond donors (Lipinski definition) is 1. The highest BCUT2D eigenvalue weighted by Crippen LogP contribution is 2.39. The van der Waals surface area contributed by atoms with Crippen molar-refractivity contribution in [3.63, 3.8) is 0 Å². The second-order valence-corrected chi connectivity index (χ2v) is 5.26. The number of benzene rings is 1. The van der Waals surface area contributed by atoms with E-state index in [4.69, 9.17) is 0 Å². The lowest BCUT2D eigenvalue weighted by Crippen LogP contribution is -2.19. The Balaban J connectivity index is 1.95. The minimum Gasteiger partial charge on any atom is -0.349 e. The molecule has 1 saturated heterocycles. The van der Waals surface area contributed by atoms with E-state index >= 15 is 0 Å². The molecule has 1 amide bonds. The van der Waals surface area contributed by atoms with Crippen molar-refractivity contribution in [2.24, 2.45) is 0 Å². The third-order valence-corrected chi connectivity index (χ3v) is 4.20. The van der Waals surface area contributed by atoms with Crippen LogP contribution in [-0.2, 0) is 4.79 Å². The third kappa shape index (κ3) is 1.98. The van der Waals surface area contributed by atoms with Crippen LogP contribution in [-0.4, -0.2) is 5.91 Å². The quantitative estimate of drug-likeness (QED) is 0.862. The maximum atomic E-state index is 11.6. The lowest BCUT2D eigenvalue weighted by atomic mass is 9.93. The molecule has 0 bridgehead atoms. The number of carbonyl (C=O) groups excluding carboxylic acids is 1. The van der Waals surface area contributed by atoms with Crippen LogP contribution >= 0.6 is 11.3 Å². The Kier molecular flexibility index (Phi) is 2.69. The first-order valence-corrected chi connectivity index (χ1v) is 6.60. The molecular formula is C14H13NOS. The topological polar surface area (TPSA) is 29.1 Å². The summed E-state index contributed by atoms with van der Waals surface area (Å²) in [5, 5.41) is 5.15. The van der Waals surface area contributed by atoms with Gasteiger partial charge in [0.05, 0.1) is 6.04 Å². The number of amides is 1. The Hall–Kier alpha value is -1.61. The molecule has 17 heavy (non-hydrogen) atoms. The maximum Gasteiger partial charge on any atom is 0.221 e. The van der Waals surface area contributed by atoms with Gasteiger partial charge in [-0.25, -0.2) is 0 Å². The molecule has 0 spiro atoms. The summed E-state index contributed by atoms with van der Waals surface area (Å²) in [4.78, 5) is 12.9. The third-order valence-electron chi connectivity index (χ3n) is 3.19. The van der Waals surface area contributed by atoms with Gasteiger partial charge in [-0.05, 0) is 17.0 Å². The predicted octanol–water partition coefficient (Wildman–Crippen LogP) is 3.09. The molecule has 1 aromatic heterocycles. The van der Waals surface area contributed by atoms with Crippen LogP contribution in [0.3, 0.4) is 0 Å². The van der Waals surface area contributed by atoms with E-state index < -0.39 is 0 Å². The Morgan fingerprint density at radius 3 is 2.65 bits per heavy atom. The van der Waals surface area contributed by atoms with Crippen molar-refractivity contribution in [3.05, 3.63) is 58.3 Å². The van der Waals surface area contributed by atoms with Gasteiger partial charge in [-0.1, -0.05) is 36.4 Å². The summed E-state index contributed by atoms with van der Waals surface area (Å²) in [5.41, 5.74) is 1.19. The number of rotatable bonds is 2. The van der Waals surface area contributed by atoms with Crippen molar-refractivity contribution in [1.82, 2.24) is 5.32 Å². The normalized spacial score (nSPS) is 23.6. The van der Waals surface area contributed by atoms with Gasteiger partial charge in [0, 0.05) is 17.2 Å². The first-order valence-electron chi connectivity index (χ1n) is 5.72. The highest BCUT2D eigenvalue weighted by Gasteiger charge is 2.34. The van der Waals surface area contributed by atoms with E-state index in [9.17, 15) is 4.79 Å². The summed E-state index contributed by atoms with van der Waals surface area (Å²) < 4.78 is 0. The van der Waals surface area contributed by atoms with E-state index in [-0.39, 0.29) is 17.9 Å². The molecule has 2 heterocycles. The molecule has 1 aliphatic rings. The molecule has 2 atom stereocenters. The SMILES string of the molecule is O=C1CC(c2cccs2)C(c2ccccc2)N1. The molecule has 2 unspecified atom stereocenters. The Bertz CT molecular complexity index is 506. The average Bonchev–Trinajstić information content (AvgIpc) is 2.98. The van der Waals surface area contributed by atoms with Crippen LogP contribution in [0.1, 0.15) is 28.8 Å². The molecule has 2 nitrogen and oxygen atoms in total. The molecule has 1 aliphatic heterocycles. The van der Waals surface area contributed by atoms with Gasteiger partial charge in [0.1, 0.15) is 0 Å². The van der Waals surface area contributed by atoms with Gasteiger partial charge in [0.15, 0.2) is 0 Å². The molecule has 0 saturated carbocycles. The zero-order valence-corrected chi connectivity index (χ0v) is 10.1. The average molecular weight is 243 g/mol. The molecular weight excluding hydrogens is 230 g/mol. The first-order chi connectivity index (χ1) is 8.34. The molecule has 3 rings (SSSR count). The number of nitrogens with one attached hydrogen (secondary N) is 1. The first kappa shape index (κ1) is 10.5. The Labute approximate surface area is 104 Å². The summed E-state index contributed by atoms with van der Waals surface area (Å²) in [6.07, 6.45) is 0.597. The highest BCUT2D eigenvalue weighted by atomic mass is 32.1. The number of hydrogen-bond acceptors (Lipinski definition) is 2. The maximum absolute atomic E-state index is 11.6. The Morgan fingerprint density at radius 1 is 1.12 bits per heavy atom. The lowest BCUT2D eigenvalue weighted by molar-refractivity contribution is -0.119. The van der Waals surface area contributed by atoms with Crippen molar-refractivity contribution in [3.8, 4) is 0 Å². The summed E-state index contributed by atoms with van der Waals surface area (Å²) in [6, 6.07) is 14.5. The van der Waals surface area contributed by atoms with Gasteiger partial charge < -0.3 is 5.32 Å². The summed E-state index contributed by atoms with van der Waals surface area (Å²) in [7, 11) is 0. The van der Waals surface area contributed by atoms with Crippen LogP contribution in [0.5, 0.6) is 0 Å². The molecule has 2 aromatic rings. The van der Waals surface area contributed by atoms with Crippen LogP contribution in [0.4, 0.5) is 0 Å². The van der Waals surface area contributed by atoms with Crippen molar-refractivity contribution < 1.29 is 4.79 Å². The van der Waals surface area contributed by atoms with Crippen LogP contribution in [0.2, 0.25) is 0 Å². The molecule has 1 N–H and O–H groups in total. The summed E-state index contributed by atoms with van der Waals surface area (Å²) >= 11 is 1.73. The number of thiophene rings is 1. The van der Waals surface area contributed by atoms with Crippen molar-refractivity contribution in [2.45, 2.75) is 18.4 Å². The van der Waals surface area contributed by atoms with E-state index in [0.29, 0.717) is 6.42 Å². The number of carbonyl (C=O) groups is 1. The van der Waals surface area contributed by atoms with Crippen molar-refractivity contribution in [1.29, 1.82) is 0 Å². The van der Waals surface area contributed by atoms with E-state index in [0.717, 1.165) is 0 Å². The van der Waals surface area contributed by atoms with Crippen LogP contribution in [0.25, 0.3) is 0 Å². The predicted molar refractivity (Wildman–Crippen MR) is 69.0 cm³/mol. The van der Waals surface area contributed by atoms with Gasteiger partial charge in [-0.2, -0.15) is 0 Å². The lowest BCUT2D eigenvalue weighted by Gasteiger charge is -2.17. The second-order valence-electron chi connectivity index (χ2n) is 4.28. The molecule has 1 aromatic carbocycles. The molecule has 1 fully saturated rings. The van der Waals surface area contributed by atoms with Crippen molar-refractivity contribution in [2.75, 3.05) is 0 Å². The fourth-order valence-electron chi connectivity index (χ4n) is 2.39. The fraction of sp³-hybridized carbons (Fsp3) is 0.214. The second kappa shape index (κ2) is 4.34. The zero-order valence-electron chi connectivity index (χ0n) is 9.30. The minimum absolute atomic E-state index is 0.127.